The molecule has 0 radical (unpaired) electrons. The molecule has 0 unspecified atom stereocenters. The predicted octanol–water partition coefficient (Wildman–Crippen LogP) is 9.90. The highest BCUT2D eigenvalue weighted by molar-refractivity contribution is 5.69. The van der Waals surface area contributed by atoms with E-state index >= 15 is 0 Å². The van der Waals surface area contributed by atoms with Gasteiger partial charge < -0.3 is 9.84 Å². The molecule has 34 heavy (non-hydrogen) atoms. The molecule has 0 aromatic rings. The average Bonchev–Trinajstić information content (AvgIpc) is 2.81. The van der Waals surface area contributed by atoms with Crippen LogP contribution in [0.25, 0.3) is 0 Å². The fourth-order valence-electron chi connectivity index (χ4n) is 4.59. The van der Waals surface area contributed by atoms with E-state index in [1.807, 2.05) is 0 Å². The van der Waals surface area contributed by atoms with Crippen molar-refractivity contribution in [1.82, 2.24) is 0 Å². The van der Waals surface area contributed by atoms with Crippen LogP contribution in [0.1, 0.15) is 167 Å². The van der Waals surface area contributed by atoms with Crippen LogP contribution in [0.4, 0.5) is 0 Å². The number of esters is 1. The van der Waals surface area contributed by atoms with E-state index in [0.717, 1.165) is 25.7 Å². The molecule has 0 fully saturated rings. The summed E-state index contributed by atoms with van der Waals surface area (Å²) in [6.45, 7) is 3.40. The van der Waals surface area contributed by atoms with Crippen molar-refractivity contribution in [2.45, 2.75) is 167 Å². The van der Waals surface area contributed by atoms with Crippen molar-refractivity contribution in [3.05, 3.63) is 12.8 Å². The first-order valence-electron chi connectivity index (χ1n) is 14.7. The Morgan fingerprint density at radius 2 is 0.706 bits per heavy atom. The third kappa shape index (κ3) is 28.7. The van der Waals surface area contributed by atoms with E-state index in [4.69, 9.17) is 9.84 Å². The highest BCUT2D eigenvalue weighted by atomic mass is 16.5. The molecule has 0 aliphatic carbocycles. The van der Waals surface area contributed by atoms with E-state index in [2.05, 4.69) is 6.58 Å². The zero-order valence-electron chi connectivity index (χ0n) is 22.3. The lowest BCUT2D eigenvalue weighted by Crippen LogP contribution is -1.98. The number of rotatable bonds is 28. The van der Waals surface area contributed by atoms with Crippen molar-refractivity contribution in [2.75, 3.05) is 0 Å². The van der Waals surface area contributed by atoms with E-state index in [1.165, 1.54) is 135 Å². The number of hydrogen-bond acceptors (Lipinski definition) is 3. The maximum Gasteiger partial charge on any atom is 0.310 e. The Hall–Kier alpha value is -1.32. The standard InChI is InChI=1S/C30H56O4/c1-2-34-30(33)28-26-24-22-20-18-16-14-12-10-8-6-4-3-5-7-9-11-13-15-17-19-21-23-25-27-29(31)32/h2H,1,3-28H2,(H,31,32). The van der Waals surface area contributed by atoms with Crippen molar-refractivity contribution in [2.24, 2.45) is 0 Å². The summed E-state index contributed by atoms with van der Waals surface area (Å²) < 4.78 is 4.72. The zero-order chi connectivity index (χ0) is 25.0. The molecule has 0 aromatic carbocycles. The summed E-state index contributed by atoms with van der Waals surface area (Å²) in [5, 5.41) is 8.61. The Morgan fingerprint density at radius 3 is 0.941 bits per heavy atom. The molecule has 0 heterocycles. The highest BCUT2D eigenvalue weighted by Gasteiger charge is 2.00. The molecular formula is C30H56O4. The molecule has 200 valence electrons. The fourth-order valence-corrected chi connectivity index (χ4v) is 4.59. The van der Waals surface area contributed by atoms with E-state index in [0.29, 0.717) is 12.8 Å². The molecule has 0 aromatic heterocycles. The molecule has 0 spiro atoms. The van der Waals surface area contributed by atoms with E-state index in [-0.39, 0.29) is 5.97 Å². The minimum absolute atomic E-state index is 0.155. The lowest BCUT2D eigenvalue weighted by molar-refractivity contribution is -0.138. The van der Waals surface area contributed by atoms with Gasteiger partial charge in [0.1, 0.15) is 0 Å². The van der Waals surface area contributed by atoms with Crippen LogP contribution in [-0.2, 0) is 14.3 Å². The zero-order valence-corrected chi connectivity index (χ0v) is 22.3. The van der Waals surface area contributed by atoms with Gasteiger partial charge in [-0.2, -0.15) is 0 Å². The van der Waals surface area contributed by atoms with Crippen LogP contribution in [0.5, 0.6) is 0 Å². The van der Waals surface area contributed by atoms with Crippen molar-refractivity contribution in [3.8, 4) is 0 Å². The van der Waals surface area contributed by atoms with Crippen LogP contribution in [0.15, 0.2) is 12.8 Å². The molecule has 1 N–H and O–H groups in total. The third-order valence-corrected chi connectivity index (χ3v) is 6.74. The summed E-state index contributed by atoms with van der Waals surface area (Å²) in [5.74, 6) is -0.814. The highest BCUT2D eigenvalue weighted by Crippen LogP contribution is 2.16. The molecule has 0 saturated carbocycles. The predicted molar refractivity (Wildman–Crippen MR) is 144 cm³/mol. The summed E-state index contributed by atoms with van der Waals surface area (Å²) in [5.41, 5.74) is 0. The number of carboxylic acids is 1. The lowest BCUT2D eigenvalue weighted by Gasteiger charge is -2.04. The van der Waals surface area contributed by atoms with Gasteiger partial charge >= 0.3 is 11.9 Å². The number of carboxylic acid groups (broad SMARTS) is 1. The second-order valence-corrected chi connectivity index (χ2v) is 10.0. The molecule has 4 nitrogen and oxygen atoms in total. The summed E-state index contributed by atoms with van der Waals surface area (Å²) in [4.78, 5) is 21.6. The lowest BCUT2D eigenvalue weighted by atomic mass is 10.0. The quantitative estimate of drug-likeness (QED) is 0.0687. The minimum atomic E-state index is -0.659. The molecule has 0 amide bonds. The van der Waals surface area contributed by atoms with E-state index in [1.54, 1.807) is 0 Å². The number of carbonyl (C=O) groups is 2. The molecule has 0 rings (SSSR count). The fraction of sp³-hybridized carbons (Fsp3) is 0.867. The largest absolute Gasteiger partial charge is 0.481 e. The van der Waals surface area contributed by atoms with Crippen LogP contribution < -0.4 is 0 Å². The Balaban J connectivity index is 3.06. The van der Waals surface area contributed by atoms with Crippen molar-refractivity contribution < 1.29 is 19.4 Å². The summed E-state index contributed by atoms with van der Waals surface area (Å²) >= 11 is 0. The molecule has 0 atom stereocenters. The van der Waals surface area contributed by atoms with Crippen LogP contribution in [0.3, 0.4) is 0 Å². The number of hydrogen-bond donors (Lipinski definition) is 1. The van der Waals surface area contributed by atoms with Gasteiger partial charge in [0.05, 0.1) is 6.26 Å². The molecule has 4 heteroatoms. The van der Waals surface area contributed by atoms with Gasteiger partial charge in [0.2, 0.25) is 0 Å². The van der Waals surface area contributed by atoms with Crippen LogP contribution >= 0.6 is 0 Å². The van der Waals surface area contributed by atoms with Crippen LogP contribution in [-0.4, -0.2) is 17.0 Å². The summed E-state index contributed by atoms with van der Waals surface area (Å²) in [7, 11) is 0. The number of carbonyl (C=O) groups excluding carboxylic acids is 1. The molecule has 0 aliphatic heterocycles. The first-order valence-corrected chi connectivity index (χ1v) is 14.7. The number of unbranched alkanes of at least 4 members (excludes halogenated alkanes) is 23. The maximum absolute atomic E-state index is 11.2. The molecule has 0 saturated heterocycles. The van der Waals surface area contributed by atoms with Crippen LogP contribution in [0.2, 0.25) is 0 Å². The average molecular weight is 481 g/mol. The second-order valence-electron chi connectivity index (χ2n) is 10.0. The Labute approximate surface area is 211 Å². The normalized spacial score (nSPS) is 10.9. The van der Waals surface area contributed by atoms with Gasteiger partial charge in [-0.05, 0) is 12.8 Å². The van der Waals surface area contributed by atoms with Crippen molar-refractivity contribution >= 4 is 11.9 Å². The van der Waals surface area contributed by atoms with E-state index < -0.39 is 5.97 Å². The van der Waals surface area contributed by atoms with Crippen molar-refractivity contribution in [1.29, 1.82) is 0 Å². The number of aliphatic carboxylic acids is 1. The van der Waals surface area contributed by atoms with Gasteiger partial charge in [-0.15, -0.1) is 0 Å². The van der Waals surface area contributed by atoms with Gasteiger partial charge in [0.15, 0.2) is 0 Å². The van der Waals surface area contributed by atoms with Gasteiger partial charge in [-0.1, -0.05) is 148 Å². The smallest absolute Gasteiger partial charge is 0.310 e. The van der Waals surface area contributed by atoms with Crippen LogP contribution in [0, 0.1) is 0 Å². The summed E-state index contributed by atoms with van der Waals surface area (Å²) in [6, 6.07) is 0. The van der Waals surface area contributed by atoms with Gasteiger partial charge in [-0.25, -0.2) is 0 Å². The number of ether oxygens (including phenoxy) is 1. The Bertz CT molecular complexity index is 461. The Kier molecular flexibility index (Phi) is 26.8. The Morgan fingerprint density at radius 1 is 0.471 bits per heavy atom. The minimum Gasteiger partial charge on any atom is -0.481 e. The SMILES string of the molecule is C=COC(=O)CCCCCCCCCCCCCCCCCCCCCCCCCCC(=O)O. The molecule has 0 bridgehead atoms. The summed E-state index contributed by atoms with van der Waals surface area (Å²) in [6.07, 6.45) is 33.3. The van der Waals surface area contributed by atoms with Gasteiger partial charge in [0, 0.05) is 12.8 Å². The van der Waals surface area contributed by atoms with Gasteiger partial charge in [0.25, 0.3) is 0 Å². The second kappa shape index (κ2) is 27.9. The topological polar surface area (TPSA) is 63.6 Å². The first-order chi connectivity index (χ1) is 16.7. The molecule has 0 aliphatic rings. The third-order valence-electron chi connectivity index (χ3n) is 6.74. The maximum atomic E-state index is 11.2. The monoisotopic (exact) mass is 480 g/mol. The van der Waals surface area contributed by atoms with Crippen molar-refractivity contribution in [3.63, 3.8) is 0 Å². The molecular weight excluding hydrogens is 424 g/mol. The first kappa shape index (κ1) is 32.7. The van der Waals surface area contributed by atoms with Gasteiger partial charge in [-0.3, -0.25) is 9.59 Å². The van der Waals surface area contributed by atoms with E-state index in [9.17, 15) is 9.59 Å².